The summed E-state index contributed by atoms with van der Waals surface area (Å²) in [5.74, 6) is 0.377. The van der Waals surface area contributed by atoms with E-state index in [2.05, 4.69) is 25.3 Å². The molecule has 7 nitrogen and oxygen atoms in total. The number of ether oxygens (including phenoxy) is 2. The van der Waals surface area contributed by atoms with Gasteiger partial charge in [0.2, 0.25) is 5.95 Å². The van der Waals surface area contributed by atoms with Gasteiger partial charge in [-0.1, -0.05) is 6.07 Å². The van der Waals surface area contributed by atoms with E-state index in [1.807, 2.05) is 25.1 Å². The maximum atomic E-state index is 4.99. The summed E-state index contributed by atoms with van der Waals surface area (Å²) in [6.07, 6.45) is 1.74. The highest BCUT2D eigenvalue weighted by molar-refractivity contribution is 5.31. The molecule has 0 saturated carbocycles. The molecular weight excluding hydrogens is 246 g/mol. The predicted molar refractivity (Wildman–Crippen MR) is 69.2 cm³/mol. The van der Waals surface area contributed by atoms with E-state index in [1.165, 1.54) is 14.2 Å². The van der Waals surface area contributed by atoms with Crippen LogP contribution in [0.5, 0.6) is 12.0 Å². The summed E-state index contributed by atoms with van der Waals surface area (Å²) in [6, 6.07) is 6.07. The molecule has 2 rings (SSSR count). The Labute approximate surface area is 111 Å². The molecule has 0 saturated heterocycles. The van der Waals surface area contributed by atoms with Crippen molar-refractivity contribution in [2.45, 2.75) is 13.0 Å². The third-order valence-corrected chi connectivity index (χ3v) is 2.44. The fourth-order valence-corrected chi connectivity index (χ4v) is 1.48. The Morgan fingerprint density at radius 2 is 1.74 bits per heavy atom. The van der Waals surface area contributed by atoms with Crippen molar-refractivity contribution in [2.24, 2.45) is 0 Å². The molecule has 2 aromatic heterocycles. The quantitative estimate of drug-likeness (QED) is 0.872. The van der Waals surface area contributed by atoms with E-state index in [4.69, 9.17) is 9.47 Å². The van der Waals surface area contributed by atoms with E-state index < -0.39 is 0 Å². The number of pyridine rings is 1. The molecule has 1 N–H and O–H groups in total. The van der Waals surface area contributed by atoms with Gasteiger partial charge >= 0.3 is 12.0 Å². The van der Waals surface area contributed by atoms with Crippen molar-refractivity contribution >= 4 is 5.95 Å². The van der Waals surface area contributed by atoms with Crippen LogP contribution in [-0.2, 0) is 0 Å². The first-order chi connectivity index (χ1) is 9.22. The predicted octanol–water partition coefficient (Wildman–Crippen LogP) is 1.46. The van der Waals surface area contributed by atoms with Crippen molar-refractivity contribution in [3.8, 4) is 12.0 Å². The summed E-state index contributed by atoms with van der Waals surface area (Å²) < 4.78 is 9.97. The molecule has 0 aliphatic rings. The highest BCUT2D eigenvalue weighted by atomic mass is 16.5. The lowest BCUT2D eigenvalue weighted by Gasteiger charge is -2.13. The van der Waals surface area contributed by atoms with Crippen LogP contribution >= 0.6 is 0 Å². The second-order valence-corrected chi connectivity index (χ2v) is 3.75. The van der Waals surface area contributed by atoms with Crippen LogP contribution in [-0.4, -0.2) is 34.2 Å². The Kier molecular flexibility index (Phi) is 4.07. The summed E-state index contributed by atoms with van der Waals surface area (Å²) >= 11 is 0. The minimum Gasteiger partial charge on any atom is -0.467 e. The molecule has 1 unspecified atom stereocenters. The van der Waals surface area contributed by atoms with E-state index in [9.17, 15) is 0 Å². The number of nitrogens with one attached hydrogen (secondary N) is 1. The maximum absolute atomic E-state index is 4.99. The van der Waals surface area contributed by atoms with Gasteiger partial charge in [0.1, 0.15) is 0 Å². The molecule has 100 valence electrons. The van der Waals surface area contributed by atoms with Gasteiger partial charge in [0, 0.05) is 6.20 Å². The molecule has 0 fully saturated rings. The smallest absolute Gasteiger partial charge is 0.324 e. The monoisotopic (exact) mass is 261 g/mol. The van der Waals surface area contributed by atoms with Gasteiger partial charge in [0.05, 0.1) is 26.0 Å². The second-order valence-electron chi connectivity index (χ2n) is 3.75. The molecule has 0 aliphatic carbocycles. The zero-order chi connectivity index (χ0) is 13.7. The van der Waals surface area contributed by atoms with Crippen LogP contribution in [0.3, 0.4) is 0 Å². The van der Waals surface area contributed by atoms with Gasteiger partial charge in [0.15, 0.2) is 0 Å². The lowest BCUT2D eigenvalue weighted by atomic mass is 10.2. The zero-order valence-corrected chi connectivity index (χ0v) is 11.0. The Morgan fingerprint density at radius 3 is 2.26 bits per heavy atom. The van der Waals surface area contributed by atoms with Gasteiger partial charge in [-0.05, 0) is 19.1 Å². The van der Waals surface area contributed by atoms with E-state index in [0.717, 1.165) is 5.69 Å². The molecule has 0 amide bonds. The first kappa shape index (κ1) is 13.0. The Morgan fingerprint density at radius 1 is 1.05 bits per heavy atom. The molecule has 2 aromatic rings. The molecule has 1 atom stereocenters. The largest absolute Gasteiger partial charge is 0.467 e. The van der Waals surface area contributed by atoms with Gasteiger partial charge < -0.3 is 14.8 Å². The van der Waals surface area contributed by atoms with Crippen molar-refractivity contribution in [3.63, 3.8) is 0 Å². The van der Waals surface area contributed by atoms with Crippen LogP contribution in [0, 0.1) is 0 Å². The molecule has 7 heteroatoms. The lowest BCUT2D eigenvalue weighted by molar-refractivity contribution is 0.341. The van der Waals surface area contributed by atoms with Gasteiger partial charge in [-0.15, -0.1) is 4.98 Å². The summed E-state index contributed by atoms with van der Waals surface area (Å²) in [4.78, 5) is 16.4. The average Bonchev–Trinajstić information content (AvgIpc) is 2.47. The maximum Gasteiger partial charge on any atom is 0.324 e. The van der Waals surface area contributed by atoms with E-state index in [0.29, 0.717) is 5.95 Å². The molecule has 0 spiro atoms. The SMILES string of the molecule is COc1nc(NC(C)c2ccccn2)nc(OC)n1. The zero-order valence-electron chi connectivity index (χ0n) is 11.0. The van der Waals surface area contributed by atoms with Crippen molar-refractivity contribution in [2.75, 3.05) is 19.5 Å². The molecule has 0 bridgehead atoms. The van der Waals surface area contributed by atoms with E-state index >= 15 is 0 Å². The normalized spacial score (nSPS) is 11.7. The number of rotatable bonds is 5. The van der Waals surface area contributed by atoms with Crippen molar-refractivity contribution in [1.29, 1.82) is 0 Å². The fraction of sp³-hybridized carbons (Fsp3) is 0.333. The summed E-state index contributed by atoms with van der Waals surface area (Å²) in [5.41, 5.74) is 0.890. The van der Waals surface area contributed by atoms with E-state index in [-0.39, 0.29) is 18.1 Å². The highest BCUT2D eigenvalue weighted by Crippen LogP contribution is 2.17. The topological polar surface area (TPSA) is 82.0 Å². The van der Waals surface area contributed by atoms with Crippen molar-refractivity contribution in [3.05, 3.63) is 30.1 Å². The summed E-state index contributed by atoms with van der Waals surface area (Å²) in [6.45, 7) is 1.96. The van der Waals surface area contributed by atoms with Crippen LogP contribution in [0.15, 0.2) is 24.4 Å². The number of hydrogen-bond acceptors (Lipinski definition) is 7. The Hall–Kier alpha value is -2.44. The summed E-state index contributed by atoms with van der Waals surface area (Å²) in [7, 11) is 2.97. The number of anilines is 1. The molecule has 19 heavy (non-hydrogen) atoms. The van der Waals surface area contributed by atoms with Crippen LogP contribution in [0.2, 0.25) is 0 Å². The average molecular weight is 261 g/mol. The molecule has 0 aromatic carbocycles. The van der Waals surface area contributed by atoms with Crippen molar-refractivity contribution < 1.29 is 9.47 Å². The number of aromatic nitrogens is 4. The fourth-order valence-electron chi connectivity index (χ4n) is 1.48. The van der Waals surface area contributed by atoms with Crippen LogP contribution in [0.4, 0.5) is 5.95 Å². The van der Waals surface area contributed by atoms with Crippen LogP contribution in [0.1, 0.15) is 18.7 Å². The van der Waals surface area contributed by atoms with Crippen LogP contribution < -0.4 is 14.8 Å². The standard InChI is InChI=1S/C12H15N5O2/c1-8(9-6-4-5-7-13-9)14-10-15-11(18-2)17-12(16-10)19-3/h4-8H,1-3H3,(H,14,15,16,17). The Balaban J connectivity index is 2.18. The molecule has 2 heterocycles. The summed E-state index contributed by atoms with van der Waals surface area (Å²) in [5, 5.41) is 3.12. The van der Waals surface area contributed by atoms with Gasteiger partial charge in [0.25, 0.3) is 0 Å². The number of nitrogens with zero attached hydrogens (tertiary/aromatic N) is 4. The van der Waals surface area contributed by atoms with Gasteiger partial charge in [-0.3, -0.25) is 4.98 Å². The van der Waals surface area contributed by atoms with Crippen molar-refractivity contribution in [1.82, 2.24) is 19.9 Å². The first-order valence-corrected chi connectivity index (χ1v) is 5.74. The third-order valence-electron chi connectivity index (χ3n) is 2.44. The number of methoxy groups -OCH3 is 2. The van der Waals surface area contributed by atoms with Gasteiger partial charge in [-0.25, -0.2) is 0 Å². The minimum absolute atomic E-state index is 0.0435. The third kappa shape index (κ3) is 3.27. The Bertz CT molecular complexity index is 513. The molecular formula is C12H15N5O2. The first-order valence-electron chi connectivity index (χ1n) is 5.74. The van der Waals surface area contributed by atoms with Crippen LogP contribution in [0.25, 0.3) is 0 Å². The minimum atomic E-state index is -0.0435. The van der Waals surface area contributed by atoms with Gasteiger partial charge in [-0.2, -0.15) is 9.97 Å². The molecule has 0 radical (unpaired) electrons. The second kappa shape index (κ2) is 5.94. The lowest BCUT2D eigenvalue weighted by Crippen LogP contribution is -2.12. The molecule has 0 aliphatic heterocycles. The van der Waals surface area contributed by atoms with E-state index in [1.54, 1.807) is 6.20 Å². The number of hydrogen-bond donors (Lipinski definition) is 1. The highest BCUT2D eigenvalue weighted by Gasteiger charge is 2.11.